The summed E-state index contributed by atoms with van der Waals surface area (Å²) in [6, 6.07) is 6.49. The molecule has 0 saturated heterocycles. The summed E-state index contributed by atoms with van der Waals surface area (Å²) in [4.78, 5) is 0. The Labute approximate surface area is 99.4 Å². The number of nitrogen functional groups attached to an aromatic ring is 1. The molecule has 0 bridgehead atoms. The third-order valence-electron chi connectivity index (χ3n) is 2.12. The number of nitrogens with one attached hydrogen (secondary N) is 1. The molecule has 1 atom stereocenters. The van der Waals surface area contributed by atoms with Crippen molar-refractivity contribution in [2.75, 3.05) is 11.1 Å². The fraction of sp³-hybridized carbons (Fsp3) is 0.455. The number of benzene rings is 1. The van der Waals surface area contributed by atoms with Gasteiger partial charge in [0.25, 0.3) is 0 Å². The number of nitrogens with two attached hydrogens (primary N) is 1. The Morgan fingerprint density at radius 1 is 1.50 bits per heavy atom. The molecule has 0 fully saturated rings. The lowest BCUT2D eigenvalue weighted by molar-refractivity contribution is 0.690. The Morgan fingerprint density at radius 3 is 2.79 bits per heavy atom. The molecule has 0 aliphatic heterocycles. The van der Waals surface area contributed by atoms with E-state index in [1.807, 2.05) is 18.2 Å². The first-order valence-electron chi connectivity index (χ1n) is 4.95. The average Bonchev–Trinajstić information content (AvgIpc) is 2.10. The van der Waals surface area contributed by atoms with Gasteiger partial charge in [0.05, 0.1) is 0 Å². The molecule has 78 valence electrons. The molecule has 1 aromatic rings. The molecule has 2 nitrogen and oxygen atoms in total. The van der Waals surface area contributed by atoms with Gasteiger partial charge in [0.1, 0.15) is 0 Å². The second-order valence-electron chi connectivity index (χ2n) is 3.57. The van der Waals surface area contributed by atoms with Gasteiger partial charge in [-0.25, -0.2) is 0 Å². The zero-order valence-corrected chi connectivity index (χ0v) is 10.8. The lowest BCUT2D eigenvalue weighted by atomic mass is 10.2. The number of hydrogen-bond donors (Lipinski definition) is 2. The van der Waals surface area contributed by atoms with E-state index >= 15 is 0 Å². The predicted octanol–water partition coefficient (Wildman–Crippen LogP) is 3.47. The van der Waals surface area contributed by atoms with E-state index in [1.165, 1.54) is 22.1 Å². The Hall–Kier alpha value is -0.450. The van der Waals surface area contributed by atoms with E-state index in [4.69, 9.17) is 5.73 Å². The maximum atomic E-state index is 5.68. The van der Waals surface area contributed by atoms with Gasteiger partial charge in [-0.3, -0.25) is 0 Å². The molecule has 0 aromatic heterocycles. The van der Waals surface area contributed by atoms with Crippen LogP contribution in [0.1, 0.15) is 26.7 Å². The van der Waals surface area contributed by atoms with Crippen LogP contribution < -0.4 is 11.1 Å². The molecule has 0 aliphatic rings. The van der Waals surface area contributed by atoms with Crippen molar-refractivity contribution in [3.63, 3.8) is 0 Å². The lowest BCUT2D eigenvalue weighted by Gasteiger charge is -2.15. The zero-order chi connectivity index (χ0) is 10.6. The summed E-state index contributed by atoms with van der Waals surface area (Å²) in [5.74, 6) is 0. The first-order chi connectivity index (χ1) is 6.63. The summed E-state index contributed by atoms with van der Waals surface area (Å²) in [5, 5.41) is 3.48. The predicted molar refractivity (Wildman–Crippen MR) is 71.6 cm³/mol. The molecule has 1 unspecified atom stereocenters. The van der Waals surface area contributed by atoms with Gasteiger partial charge in [0, 0.05) is 21.0 Å². The molecule has 0 radical (unpaired) electrons. The first-order valence-corrected chi connectivity index (χ1v) is 6.03. The van der Waals surface area contributed by atoms with Crippen molar-refractivity contribution in [2.45, 2.75) is 32.7 Å². The maximum Gasteiger partial charge on any atom is 0.0479 e. The molecule has 3 heteroatoms. The molecule has 0 spiro atoms. The Kier molecular flexibility index (Phi) is 4.51. The van der Waals surface area contributed by atoms with E-state index < -0.39 is 0 Å². The summed E-state index contributed by atoms with van der Waals surface area (Å²) in [6.07, 6.45) is 2.40. The van der Waals surface area contributed by atoms with Crippen LogP contribution in [0.25, 0.3) is 0 Å². The number of halogens is 1. The molecule has 0 heterocycles. The number of hydrogen-bond acceptors (Lipinski definition) is 2. The monoisotopic (exact) mass is 304 g/mol. The fourth-order valence-electron chi connectivity index (χ4n) is 1.42. The van der Waals surface area contributed by atoms with Gasteiger partial charge in [-0.15, -0.1) is 0 Å². The second kappa shape index (κ2) is 5.44. The standard InChI is InChI=1S/C11H17IN2/c1-3-4-8(2)14-11-6-5-9(13)7-10(11)12/h5-8,14H,3-4,13H2,1-2H3. The van der Waals surface area contributed by atoms with E-state index in [2.05, 4.69) is 41.8 Å². The van der Waals surface area contributed by atoms with Crippen LogP contribution in [-0.4, -0.2) is 6.04 Å². The minimum Gasteiger partial charge on any atom is -0.399 e. The largest absolute Gasteiger partial charge is 0.399 e. The molecular weight excluding hydrogens is 287 g/mol. The van der Waals surface area contributed by atoms with Crippen molar-refractivity contribution < 1.29 is 0 Å². The van der Waals surface area contributed by atoms with Crippen LogP contribution in [0.5, 0.6) is 0 Å². The quantitative estimate of drug-likeness (QED) is 0.660. The highest BCUT2D eigenvalue weighted by Crippen LogP contribution is 2.21. The Bertz CT molecular complexity index is 299. The highest BCUT2D eigenvalue weighted by Gasteiger charge is 2.03. The maximum absolute atomic E-state index is 5.68. The van der Waals surface area contributed by atoms with Gasteiger partial charge in [0.2, 0.25) is 0 Å². The van der Waals surface area contributed by atoms with Crippen molar-refractivity contribution in [3.8, 4) is 0 Å². The van der Waals surface area contributed by atoms with E-state index in [9.17, 15) is 0 Å². The third kappa shape index (κ3) is 3.36. The Balaban J connectivity index is 2.67. The van der Waals surface area contributed by atoms with E-state index in [0.29, 0.717) is 6.04 Å². The first kappa shape index (κ1) is 11.6. The van der Waals surface area contributed by atoms with E-state index in [-0.39, 0.29) is 0 Å². The summed E-state index contributed by atoms with van der Waals surface area (Å²) in [6.45, 7) is 4.40. The van der Waals surface area contributed by atoms with Crippen LogP contribution in [-0.2, 0) is 0 Å². The zero-order valence-electron chi connectivity index (χ0n) is 8.68. The number of rotatable bonds is 4. The molecule has 0 saturated carbocycles. The highest BCUT2D eigenvalue weighted by molar-refractivity contribution is 14.1. The number of anilines is 2. The van der Waals surface area contributed by atoms with Crippen LogP contribution in [0.15, 0.2) is 18.2 Å². The summed E-state index contributed by atoms with van der Waals surface area (Å²) < 4.78 is 1.19. The minimum absolute atomic E-state index is 0.525. The average molecular weight is 304 g/mol. The molecule has 14 heavy (non-hydrogen) atoms. The lowest BCUT2D eigenvalue weighted by Crippen LogP contribution is -2.15. The summed E-state index contributed by atoms with van der Waals surface area (Å²) in [5.41, 5.74) is 7.69. The van der Waals surface area contributed by atoms with Gasteiger partial charge in [-0.05, 0) is 54.1 Å². The van der Waals surface area contributed by atoms with Gasteiger partial charge < -0.3 is 11.1 Å². The Morgan fingerprint density at radius 2 is 2.21 bits per heavy atom. The van der Waals surface area contributed by atoms with Crippen molar-refractivity contribution >= 4 is 34.0 Å². The van der Waals surface area contributed by atoms with E-state index in [0.717, 1.165) is 5.69 Å². The van der Waals surface area contributed by atoms with Crippen molar-refractivity contribution in [1.82, 2.24) is 0 Å². The van der Waals surface area contributed by atoms with Crippen LogP contribution in [0, 0.1) is 3.57 Å². The van der Waals surface area contributed by atoms with Crippen LogP contribution in [0.4, 0.5) is 11.4 Å². The van der Waals surface area contributed by atoms with Gasteiger partial charge in [-0.1, -0.05) is 13.3 Å². The molecule has 1 aromatic carbocycles. The van der Waals surface area contributed by atoms with Crippen molar-refractivity contribution in [3.05, 3.63) is 21.8 Å². The van der Waals surface area contributed by atoms with Crippen molar-refractivity contribution in [1.29, 1.82) is 0 Å². The molecule has 0 amide bonds. The summed E-state index contributed by atoms with van der Waals surface area (Å²) >= 11 is 2.31. The smallest absolute Gasteiger partial charge is 0.0479 e. The van der Waals surface area contributed by atoms with Crippen LogP contribution in [0.3, 0.4) is 0 Å². The molecule has 1 rings (SSSR count). The normalized spacial score (nSPS) is 12.5. The molecule has 3 N–H and O–H groups in total. The second-order valence-corrected chi connectivity index (χ2v) is 4.74. The van der Waals surface area contributed by atoms with Crippen LogP contribution in [0.2, 0.25) is 0 Å². The molecule has 0 aliphatic carbocycles. The third-order valence-corrected chi connectivity index (χ3v) is 3.01. The summed E-state index contributed by atoms with van der Waals surface area (Å²) in [7, 11) is 0. The van der Waals surface area contributed by atoms with Gasteiger partial charge in [0.15, 0.2) is 0 Å². The van der Waals surface area contributed by atoms with Gasteiger partial charge >= 0.3 is 0 Å². The highest BCUT2D eigenvalue weighted by atomic mass is 127. The van der Waals surface area contributed by atoms with Gasteiger partial charge in [-0.2, -0.15) is 0 Å². The van der Waals surface area contributed by atoms with Crippen molar-refractivity contribution in [2.24, 2.45) is 0 Å². The molecular formula is C11H17IN2. The minimum atomic E-state index is 0.525. The topological polar surface area (TPSA) is 38.0 Å². The SMILES string of the molecule is CCCC(C)Nc1ccc(N)cc1I. The fourth-order valence-corrected chi connectivity index (χ4v) is 2.11. The van der Waals surface area contributed by atoms with E-state index in [1.54, 1.807) is 0 Å². The van der Waals surface area contributed by atoms with Crippen LogP contribution >= 0.6 is 22.6 Å².